The Labute approximate surface area is 115 Å². The van der Waals surface area contributed by atoms with Gasteiger partial charge in [-0.3, -0.25) is 9.69 Å². The molecule has 2 rings (SSSR count). The molecule has 1 N–H and O–H groups in total. The summed E-state index contributed by atoms with van der Waals surface area (Å²) in [6.07, 6.45) is 0. The average Bonchev–Trinajstić information content (AvgIpc) is 2.56. The third-order valence-corrected chi connectivity index (χ3v) is 3.17. The van der Waals surface area contributed by atoms with Crippen molar-refractivity contribution in [3.05, 3.63) is 47.5 Å². The number of urea groups is 1. The molecule has 20 heavy (non-hydrogen) atoms. The normalized spacial score (nSPS) is 22.1. The zero-order valence-corrected chi connectivity index (χ0v) is 11.2. The molecule has 1 saturated heterocycles. The number of hydrogen-bond acceptors (Lipinski definition) is 2. The Morgan fingerprint density at radius 3 is 2.65 bits per heavy atom. The second-order valence-corrected chi connectivity index (χ2v) is 5.03. The van der Waals surface area contributed by atoms with Crippen molar-refractivity contribution < 1.29 is 18.4 Å². The van der Waals surface area contributed by atoms with E-state index in [0.29, 0.717) is 5.57 Å². The zero-order chi connectivity index (χ0) is 15.1. The molecule has 1 aliphatic rings. The molecule has 1 aliphatic heterocycles. The smallest absolute Gasteiger partial charge is 0.319 e. The molecule has 6 heteroatoms. The molecule has 1 aromatic rings. The zero-order valence-electron chi connectivity index (χ0n) is 11.2. The van der Waals surface area contributed by atoms with Gasteiger partial charge in [0.1, 0.15) is 17.2 Å². The highest BCUT2D eigenvalue weighted by molar-refractivity contribution is 6.07. The molecule has 1 heterocycles. The van der Waals surface area contributed by atoms with Crippen molar-refractivity contribution in [2.75, 3.05) is 6.54 Å². The highest BCUT2D eigenvalue weighted by Gasteiger charge is 2.50. The van der Waals surface area contributed by atoms with Crippen LogP contribution in [0.3, 0.4) is 0 Å². The fourth-order valence-corrected chi connectivity index (χ4v) is 2.17. The second kappa shape index (κ2) is 4.70. The number of carbonyl (C=O) groups excluding carboxylic acids is 2. The van der Waals surface area contributed by atoms with Crippen LogP contribution in [0.15, 0.2) is 30.4 Å². The van der Waals surface area contributed by atoms with Gasteiger partial charge in [0.2, 0.25) is 0 Å². The lowest BCUT2D eigenvalue weighted by Crippen LogP contribution is -2.42. The number of hydrogen-bond donors (Lipinski definition) is 1. The molecule has 0 bridgehead atoms. The van der Waals surface area contributed by atoms with Crippen LogP contribution < -0.4 is 5.32 Å². The average molecular weight is 280 g/mol. The summed E-state index contributed by atoms with van der Waals surface area (Å²) in [5.41, 5.74) is -1.20. The molecule has 1 atom stereocenters. The van der Waals surface area contributed by atoms with E-state index in [-0.39, 0.29) is 12.1 Å². The van der Waals surface area contributed by atoms with Crippen LogP contribution in [0.1, 0.15) is 19.4 Å². The molecule has 106 valence electrons. The Bertz CT molecular complexity index is 615. The molecule has 1 unspecified atom stereocenters. The van der Waals surface area contributed by atoms with Gasteiger partial charge in [0.25, 0.3) is 5.91 Å². The maximum Gasteiger partial charge on any atom is 0.325 e. The van der Waals surface area contributed by atoms with E-state index in [1.165, 1.54) is 6.92 Å². The Morgan fingerprint density at radius 1 is 1.40 bits per heavy atom. The molecule has 0 saturated carbocycles. The second-order valence-electron chi connectivity index (χ2n) is 5.03. The Morgan fingerprint density at radius 2 is 2.05 bits per heavy atom. The molecule has 3 amide bonds. The number of nitrogens with zero attached hydrogens (tertiary/aromatic N) is 1. The van der Waals surface area contributed by atoms with Gasteiger partial charge in [0.15, 0.2) is 0 Å². The van der Waals surface area contributed by atoms with Crippen LogP contribution in [0.4, 0.5) is 13.6 Å². The summed E-state index contributed by atoms with van der Waals surface area (Å²) in [6.45, 7) is 6.69. The first-order chi connectivity index (χ1) is 9.25. The molecule has 0 radical (unpaired) electrons. The van der Waals surface area contributed by atoms with Crippen LogP contribution in [0.25, 0.3) is 0 Å². The van der Waals surface area contributed by atoms with Gasteiger partial charge in [-0.15, -0.1) is 0 Å². The SMILES string of the molecule is C=C(C)CN1C(=O)NC(C)(c2cc(F)ccc2F)C1=O. The summed E-state index contributed by atoms with van der Waals surface area (Å²) in [5, 5.41) is 2.41. The van der Waals surface area contributed by atoms with Crippen molar-refractivity contribution >= 4 is 11.9 Å². The highest BCUT2D eigenvalue weighted by atomic mass is 19.1. The lowest BCUT2D eigenvalue weighted by Gasteiger charge is -2.22. The highest BCUT2D eigenvalue weighted by Crippen LogP contribution is 2.31. The number of halogens is 2. The van der Waals surface area contributed by atoms with E-state index in [9.17, 15) is 18.4 Å². The summed E-state index contributed by atoms with van der Waals surface area (Å²) >= 11 is 0. The third kappa shape index (κ3) is 2.17. The van der Waals surface area contributed by atoms with E-state index in [0.717, 1.165) is 23.1 Å². The Hall–Kier alpha value is -2.24. The van der Waals surface area contributed by atoms with E-state index in [1.54, 1.807) is 6.92 Å². The van der Waals surface area contributed by atoms with E-state index >= 15 is 0 Å². The molecule has 1 fully saturated rings. The predicted octanol–water partition coefficient (Wildman–Crippen LogP) is 2.31. The van der Waals surface area contributed by atoms with Crippen molar-refractivity contribution in [3.63, 3.8) is 0 Å². The fraction of sp³-hybridized carbons (Fsp3) is 0.286. The molecule has 1 aromatic carbocycles. The van der Waals surface area contributed by atoms with E-state index in [4.69, 9.17) is 0 Å². The van der Waals surface area contributed by atoms with E-state index in [2.05, 4.69) is 11.9 Å². The summed E-state index contributed by atoms with van der Waals surface area (Å²) in [7, 11) is 0. The van der Waals surface area contributed by atoms with Crippen molar-refractivity contribution in [1.29, 1.82) is 0 Å². The Kier molecular flexibility index (Phi) is 3.33. The summed E-state index contributed by atoms with van der Waals surface area (Å²) in [5.74, 6) is -2.06. The number of rotatable bonds is 3. The van der Waals surface area contributed by atoms with Gasteiger partial charge in [0.05, 0.1) is 6.54 Å². The maximum atomic E-state index is 13.9. The van der Waals surface area contributed by atoms with Gasteiger partial charge in [-0.1, -0.05) is 12.2 Å². The summed E-state index contributed by atoms with van der Waals surface area (Å²) in [4.78, 5) is 25.1. The summed E-state index contributed by atoms with van der Waals surface area (Å²) in [6, 6.07) is 2.15. The number of amides is 3. The third-order valence-electron chi connectivity index (χ3n) is 3.17. The molecule has 4 nitrogen and oxygen atoms in total. The largest absolute Gasteiger partial charge is 0.325 e. The van der Waals surface area contributed by atoms with Crippen LogP contribution in [0, 0.1) is 11.6 Å². The van der Waals surface area contributed by atoms with Crippen LogP contribution in [-0.4, -0.2) is 23.4 Å². The van der Waals surface area contributed by atoms with Crippen LogP contribution in [-0.2, 0) is 10.3 Å². The lowest BCUT2D eigenvalue weighted by molar-refractivity contribution is -0.130. The number of nitrogens with one attached hydrogen (secondary N) is 1. The van der Waals surface area contributed by atoms with Crippen molar-refractivity contribution in [2.24, 2.45) is 0 Å². The minimum atomic E-state index is -1.61. The van der Waals surface area contributed by atoms with E-state index < -0.39 is 29.1 Å². The topological polar surface area (TPSA) is 49.4 Å². The number of imide groups is 1. The quantitative estimate of drug-likeness (QED) is 0.682. The predicted molar refractivity (Wildman–Crippen MR) is 68.8 cm³/mol. The Balaban J connectivity index is 2.46. The molecular formula is C14H14F2N2O2. The van der Waals surface area contributed by atoms with Crippen molar-refractivity contribution in [1.82, 2.24) is 10.2 Å². The fourth-order valence-electron chi connectivity index (χ4n) is 2.17. The van der Waals surface area contributed by atoms with E-state index in [1.807, 2.05) is 0 Å². The lowest BCUT2D eigenvalue weighted by atomic mass is 9.91. The molecule has 0 aliphatic carbocycles. The van der Waals surface area contributed by atoms with Gasteiger partial charge < -0.3 is 5.32 Å². The van der Waals surface area contributed by atoms with Crippen LogP contribution >= 0.6 is 0 Å². The minimum Gasteiger partial charge on any atom is -0.319 e. The molecule has 0 aromatic heterocycles. The number of benzene rings is 1. The van der Waals surface area contributed by atoms with Crippen LogP contribution in [0.5, 0.6) is 0 Å². The minimum absolute atomic E-state index is 0.0389. The number of carbonyl (C=O) groups is 2. The maximum absolute atomic E-state index is 13.9. The first-order valence-electron chi connectivity index (χ1n) is 5.99. The monoisotopic (exact) mass is 280 g/mol. The van der Waals surface area contributed by atoms with Crippen molar-refractivity contribution in [2.45, 2.75) is 19.4 Å². The summed E-state index contributed by atoms with van der Waals surface area (Å²) < 4.78 is 27.1. The first-order valence-corrected chi connectivity index (χ1v) is 5.99. The van der Waals surface area contributed by atoms with Crippen LogP contribution in [0.2, 0.25) is 0 Å². The van der Waals surface area contributed by atoms with Gasteiger partial charge in [-0.05, 0) is 32.0 Å². The first kappa shape index (κ1) is 14.2. The molecular weight excluding hydrogens is 266 g/mol. The van der Waals surface area contributed by atoms with Gasteiger partial charge in [0, 0.05) is 5.56 Å². The van der Waals surface area contributed by atoms with Gasteiger partial charge in [-0.25, -0.2) is 13.6 Å². The van der Waals surface area contributed by atoms with Crippen molar-refractivity contribution in [3.8, 4) is 0 Å². The van der Waals surface area contributed by atoms with Gasteiger partial charge >= 0.3 is 6.03 Å². The molecule has 0 spiro atoms. The van der Waals surface area contributed by atoms with Gasteiger partial charge in [-0.2, -0.15) is 0 Å². The standard InChI is InChI=1S/C14H14F2N2O2/c1-8(2)7-18-12(19)14(3,17-13(18)20)10-6-9(15)4-5-11(10)16/h4-6H,1,7H2,2-3H3,(H,17,20).